The van der Waals surface area contributed by atoms with Crippen molar-refractivity contribution in [2.24, 2.45) is 10.2 Å². The number of nitrogens with zero attached hydrogens (tertiary/aromatic N) is 2. The minimum absolute atomic E-state index is 0.0265. The van der Waals surface area contributed by atoms with Crippen LogP contribution in [-0.4, -0.2) is 22.5 Å². The monoisotopic (exact) mass is 370 g/mol. The minimum atomic E-state index is -1.48. The first-order valence-electron chi connectivity index (χ1n) is 6.17. The van der Waals surface area contributed by atoms with Crippen LogP contribution in [0.5, 0.6) is 11.5 Å². The van der Waals surface area contributed by atoms with E-state index in [1.165, 1.54) is 36.4 Å². The number of carboxylic acid groups (broad SMARTS) is 2. The lowest BCUT2D eigenvalue weighted by Gasteiger charge is -2.03. The minimum Gasteiger partial charge on any atom is -0.449 e. The first-order valence-corrected chi connectivity index (χ1v) is 6.93. The van der Waals surface area contributed by atoms with Crippen LogP contribution in [0.1, 0.15) is 0 Å². The van der Waals surface area contributed by atoms with Crippen LogP contribution in [0.15, 0.2) is 46.6 Å². The summed E-state index contributed by atoms with van der Waals surface area (Å²) in [5.41, 5.74) is 0.694. The first-order chi connectivity index (χ1) is 11.3. The molecule has 0 aromatic heterocycles. The Labute approximate surface area is 144 Å². The highest BCUT2D eigenvalue weighted by molar-refractivity contribution is 6.32. The molecule has 0 spiro atoms. The van der Waals surface area contributed by atoms with Gasteiger partial charge in [-0.15, -0.1) is 0 Å². The van der Waals surface area contributed by atoms with E-state index in [0.717, 1.165) is 0 Å². The molecule has 8 nitrogen and oxygen atoms in total. The van der Waals surface area contributed by atoms with Crippen LogP contribution in [0.4, 0.5) is 21.0 Å². The Morgan fingerprint density at radius 1 is 0.792 bits per heavy atom. The van der Waals surface area contributed by atoms with Crippen molar-refractivity contribution in [3.05, 3.63) is 46.4 Å². The van der Waals surface area contributed by atoms with Crippen molar-refractivity contribution >= 4 is 46.9 Å². The summed E-state index contributed by atoms with van der Waals surface area (Å²) in [6.45, 7) is 0. The Morgan fingerprint density at radius 3 is 1.46 bits per heavy atom. The van der Waals surface area contributed by atoms with Gasteiger partial charge in [-0.05, 0) is 36.4 Å². The van der Waals surface area contributed by atoms with Crippen molar-refractivity contribution in [1.29, 1.82) is 0 Å². The van der Waals surface area contributed by atoms with E-state index in [1.807, 2.05) is 0 Å². The maximum Gasteiger partial charge on any atom is 0.511 e. The first kappa shape index (κ1) is 17.5. The Morgan fingerprint density at radius 2 is 1.17 bits per heavy atom. The molecule has 0 bridgehead atoms. The number of hydrogen-bond donors (Lipinski definition) is 2. The standard InChI is InChI=1S/C14H8Cl2N2O6/c15-9-5-7(1-3-11(9)23-13(19)20)17-18-8-2-4-12(10(16)6-8)24-14(21)22/h1-6H,(H,19,20)(H,21,22). The molecule has 2 N–H and O–H groups in total. The van der Waals surface area contributed by atoms with Crippen molar-refractivity contribution in [3.63, 3.8) is 0 Å². The van der Waals surface area contributed by atoms with E-state index in [9.17, 15) is 9.59 Å². The van der Waals surface area contributed by atoms with Gasteiger partial charge < -0.3 is 19.7 Å². The molecule has 0 aliphatic carbocycles. The Balaban J connectivity index is 2.16. The number of azo groups is 1. The van der Waals surface area contributed by atoms with Gasteiger partial charge in [-0.2, -0.15) is 10.2 Å². The topological polar surface area (TPSA) is 118 Å². The highest BCUT2D eigenvalue weighted by atomic mass is 35.5. The van der Waals surface area contributed by atoms with Crippen molar-refractivity contribution in [3.8, 4) is 11.5 Å². The van der Waals surface area contributed by atoms with E-state index in [2.05, 4.69) is 19.7 Å². The van der Waals surface area contributed by atoms with Gasteiger partial charge in [0.15, 0.2) is 11.5 Å². The lowest BCUT2D eigenvalue weighted by atomic mass is 10.3. The summed E-state index contributed by atoms with van der Waals surface area (Å²) in [6, 6.07) is 8.32. The summed E-state index contributed by atoms with van der Waals surface area (Å²) in [4.78, 5) is 20.9. The number of hydrogen-bond acceptors (Lipinski definition) is 6. The van der Waals surface area contributed by atoms with Crippen LogP contribution < -0.4 is 9.47 Å². The SMILES string of the molecule is O=C(O)Oc1ccc(N=Nc2ccc(OC(=O)O)c(Cl)c2)cc1Cl. The second kappa shape index (κ2) is 7.62. The molecule has 2 aromatic carbocycles. The highest BCUT2D eigenvalue weighted by Gasteiger charge is 2.08. The zero-order chi connectivity index (χ0) is 17.7. The maximum absolute atomic E-state index is 10.5. The summed E-state index contributed by atoms with van der Waals surface area (Å²) in [7, 11) is 0. The molecular formula is C14H8Cl2N2O6. The predicted molar refractivity (Wildman–Crippen MR) is 84.4 cm³/mol. The molecule has 2 aromatic rings. The second-order valence-electron chi connectivity index (χ2n) is 4.17. The van der Waals surface area contributed by atoms with Gasteiger partial charge in [-0.3, -0.25) is 0 Å². The van der Waals surface area contributed by atoms with Crippen LogP contribution >= 0.6 is 23.2 Å². The van der Waals surface area contributed by atoms with Crippen LogP contribution in [0, 0.1) is 0 Å². The van der Waals surface area contributed by atoms with Gasteiger partial charge >= 0.3 is 12.3 Å². The molecule has 0 amide bonds. The van der Waals surface area contributed by atoms with E-state index < -0.39 is 12.3 Å². The van der Waals surface area contributed by atoms with Gasteiger partial charge in [-0.25, -0.2) is 9.59 Å². The third kappa shape index (κ3) is 4.83. The summed E-state index contributed by atoms with van der Waals surface area (Å²) < 4.78 is 8.91. The highest BCUT2D eigenvalue weighted by Crippen LogP contribution is 2.32. The molecule has 0 fully saturated rings. The third-order valence-corrected chi connectivity index (χ3v) is 3.10. The van der Waals surface area contributed by atoms with Gasteiger partial charge in [0.05, 0.1) is 21.4 Å². The molecule has 0 saturated heterocycles. The fourth-order valence-electron chi connectivity index (χ4n) is 1.57. The summed E-state index contributed by atoms with van der Waals surface area (Å²) in [6.07, 6.45) is -2.96. The zero-order valence-corrected chi connectivity index (χ0v) is 13.2. The van der Waals surface area contributed by atoms with Gasteiger partial charge in [-0.1, -0.05) is 23.2 Å². The maximum atomic E-state index is 10.5. The van der Waals surface area contributed by atoms with Gasteiger partial charge in [0.2, 0.25) is 0 Å². The molecule has 2 rings (SSSR count). The molecule has 0 saturated carbocycles. The van der Waals surface area contributed by atoms with Gasteiger partial charge in [0.1, 0.15) is 0 Å². The summed E-state index contributed by atoms with van der Waals surface area (Å²) in [5, 5.41) is 25.0. The average molecular weight is 371 g/mol. The van der Waals surface area contributed by atoms with Crippen molar-refractivity contribution in [2.45, 2.75) is 0 Å². The van der Waals surface area contributed by atoms with Crippen LogP contribution in [0.2, 0.25) is 10.0 Å². The predicted octanol–water partition coefficient (Wildman–Crippen LogP) is 5.52. The van der Waals surface area contributed by atoms with Crippen molar-refractivity contribution in [1.82, 2.24) is 0 Å². The smallest absolute Gasteiger partial charge is 0.449 e. The molecule has 0 heterocycles. The molecule has 0 aliphatic rings. The summed E-state index contributed by atoms with van der Waals surface area (Å²) in [5.74, 6) is -0.0531. The lowest BCUT2D eigenvalue weighted by molar-refractivity contribution is 0.143. The molecule has 0 unspecified atom stereocenters. The van der Waals surface area contributed by atoms with Gasteiger partial charge in [0.25, 0.3) is 0 Å². The largest absolute Gasteiger partial charge is 0.511 e. The lowest BCUT2D eigenvalue weighted by Crippen LogP contribution is -2.03. The molecule has 0 atom stereocenters. The Hall–Kier alpha value is -2.84. The second-order valence-corrected chi connectivity index (χ2v) is 4.98. The van der Waals surface area contributed by atoms with E-state index in [4.69, 9.17) is 33.4 Å². The number of rotatable bonds is 4. The number of halogens is 2. The molecule has 10 heteroatoms. The van der Waals surface area contributed by atoms with Crippen molar-refractivity contribution < 1.29 is 29.3 Å². The van der Waals surface area contributed by atoms with Gasteiger partial charge in [0, 0.05) is 0 Å². The Kier molecular flexibility index (Phi) is 5.56. The third-order valence-electron chi connectivity index (χ3n) is 2.51. The molecule has 124 valence electrons. The number of ether oxygens (including phenoxy) is 2. The van der Waals surface area contributed by atoms with E-state index in [0.29, 0.717) is 11.4 Å². The molecular weight excluding hydrogens is 363 g/mol. The quantitative estimate of drug-likeness (QED) is 0.415. The molecule has 0 radical (unpaired) electrons. The Bertz CT molecular complexity index is 757. The van der Waals surface area contributed by atoms with Crippen LogP contribution in [-0.2, 0) is 0 Å². The van der Waals surface area contributed by atoms with E-state index >= 15 is 0 Å². The average Bonchev–Trinajstić information content (AvgIpc) is 2.49. The fourth-order valence-corrected chi connectivity index (χ4v) is 2.00. The normalized spacial score (nSPS) is 10.6. The molecule has 24 heavy (non-hydrogen) atoms. The van der Waals surface area contributed by atoms with E-state index in [1.54, 1.807) is 0 Å². The summed E-state index contributed by atoms with van der Waals surface area (Å²) >= 11 is 11.7. The number of carbonyl (C=O) groups is 2. The van der Waals surface area contributed by atoms with Crippen LogP contribution in [0.25, 0.3) is 0 Å². The van der Waals surface area contributed by atoms with Crippen LogP contribution in [0.3, 0.4) is 0 Å². The molecule has 0 aliphatic heterocycles. The number of benzene rings is 2. The fraction of sp³-hybridized carbons (Fsp3) is 0. The van der Waals surface area contributed by atoms with E-state index in [-0.39, 0.29) is 21.5 Å². The van der Waals surface area contributed by atoms with Crippen molar-refractivity contribution in [2.75, 3.05) is 0 Å². The zero-order valence-electron chi connectivity index (χ0n) is 11.6.